The predicted molar refractivity (Wildman–Crippen MR) is 129 cm³/mol. The molecule has 0 radical (unpaired) electrons. The van der Waals surface area contributed by atoms with Gasteiger partial charge in [0.05, 0.1) is 40.9 Å². The number of amides is 1. The molecule has 7 heteroatoms. The van der Waals surface area contributed by atoms with E-state index in [9.17, 15) is 4.79 Å². The second-order valence-electron chi connectivity index (χ2n) is 8.18. The Labute approximate surface area is 191 Å². The van der Waals surface area contributed by atoms with Crippen LogP contribution < -0.4 is 5.32 Å². The average molecular weight is 437 g/mol. The first kappa shape index (κ1) is 20.6. The minimum Gasteiger partial charge on any atom is -0.319 e. The molecular weight excluding hydrogens is 412 g/mol. The second-order valence-corrected chi connectivity index (χ2v) is 8.18. The number of benzene rings is 2. The van der Waals surface area contributed by atoms with Crippen molar-refractivity contribution in [1.82, 2.24) is 24.5 Å². The van der Waals surface area contributed by atoms with Crippen LogP contribution in [0.5, 0.6) is 0 Å². The van der Waals surface area contributed by atoms with Gasteiger partial charge < -0.3 is 5.32 Å². The number of nitrogens with one attached hydrogen (secondary N) is 1. The van der Waals surface area contributed by atoms with Gasteiger partial charge in [-0.3, -0.25) is 14.2 Å². The van der Waals surface area contributed by atoms with Crippen LogP contribution >= 0.6 is 0 Å². The van der Waals surface area contributed by atoms with E-state index in [0.29, 0.717) is 17.8 Å². The number of rotatable bonds is 5. The Bertz CT molecular complexity index is 1480. The van der Waals surface area contributed by atoms with E-state index in [0.717, 1.165) is 27.9 Å². The second kappa shape index (κ2) is 8.35. The molecule has 1 N–H and O–H groups in total. The number of aryl methyl sites for hydroxylation is 3. The zero-order valence-corrected chi connectivity index (χ0v) is 18.8. The molecule has 3 heterocycles. The monoisotopic (exact) mass is 436 g/mol. The summed E-state index contributed by atoms with van der Waals surface area (Å²) in [5.41, 5.74) is 6.86. The van der Waals surface area contributed by atoms with Crippen molar-refractivity contribution in [3.8, 4) is 11.3 Å². The van der Waals surface area contributed by atoms with Gasteiger partial charge in [0.25, 0.3) is 5.91 Å². The Morgan fingerprint density at radius 1 is 1.03 bits per heavy atom. The number of fused-ring (bicyclic) bond motifs is 1. The summed E-state index contributed by atoms with van der Waals surface area (Å²) >= 11 is 0. The summed E-state index contributed by atoms with van der Waals surface area (Å²) in [6, 6.07) is 17.7. The molecule has 5 rings (SSSR count). The first-order valence-corrected chi connectivity index (χ1v) is 10.8. The van der Waals surface area contributed by atoms with E-state index >= 15 is 0 Å². The summed E-state index contributed by atoms with van der Waals surface area (Å²) < 4.78 is 3.58. The van der Waals surface area contributed by atoms with Gasteiger partial charge in [0.1, 0.15) is 0 Å². The molecule has 33 heavy (non-hydrogen) atoms. The molecule has 164 valence electrons. The molecular formula is C26H24N6O. The molecule has 0 fully saturated rings. The molecule has 2 aromatic carbocycles. The largest absolute Gasteiger partial charge is 0.319 e. The maximum atomic E-state index is 13.3. The number of carbonyl (C=O) groups excluding carboxylic acids is 1. The summed E-state index contributed by atoms with van der Waals surface area (Å²) in [4.78, 5) is 18.1. The van der Waals surface area contributed by atoms with Crippen molar-refractivity contribution in [3.63, 3.8) is 0 Å². The van der Waals surface area contributed by atoms with E-state index < -0.39 is 0 Å². The van der Waals surface area contributed by atoms with Crippen molar-refractivity contribution in [2.45, 2.75) is 20.4 Å². The quantitative estimate of drug-likeness (QED) is 0.431. The topological polar surface area (TPSA) is 77.6 Å². The Kier molecular flexibility index (Phi) is 5.22. The van der Waals surface area contributed by atoms with Crippen molar-refractivity contribution in [3.05, 3.63) is 95.6 Å². The molecule has 0 atom stereocenters. The molecule has 0 aliphatic heterocycles. The molecule has 0 aliphatic carbocycles. The van der Waals surface area contributed by atoms with Crippen LogP contribution in [0.15, 0.2) is 73.2 Å². The van der Waals surface area contributed by atoms with Crippen LogP contribution in [0.4, 0.5) is 5.69 Å². The molecule has 0 saturated heterocycles. The Morgan fingerprint density at radius 2 is 1.82 bits per heavy atom. The zero-order chi connectivity index (χ0) is 22.9. The summed E-state index contributed by atoms with van der Waals surface area (Å²) in [5.74, 6) is -0.202. The third-order valence-electron chi connectivity index (χ3n) is 5.73. The molecule has 0 aliphatic rings. The van der Waals surface area contributed by atoms with Gasteiger partial charge >= 0.3 is 0 Å². The van der Waals surface area contributed by atoms with E-state index in [1.807, 2.05) is 73.5 Å². The highest BCUT2D eigenvalue weighted by molar-refractivity contribution is 6.13. The minimum atomic E-state index is -0.202. The predicted octanol–water partition coefficient (Wildman–Crippen LogP) is 4.75. The van der Waals surface area contributed by atoms with Gasteiger partial charge in [-0.05, 0) is 37.1 Å². The van der Waals surface area contributed by atoms with Gasteiger partial charge in [-0.2, -0.15) is 10.2 Å². The van der Waals surface area contributed by atoms with Gasteiger partial charge in [0, 0.05) is 30.4 Å². The van der Waals surface area contributed by atoms with E-state index in [1.54, 1.807) is 10.9 Å². The van der Waals surface area contributed by atoms with Crippen molar-refractivity contribution >= 4 is 22.5 Å². The Hall–Kier alpha value is -4.26. The normalized spacial score (nSPS) is 11.1. The SMILES string of the molecule is Cc1ccccc1Cn1cc(NC(=O)c2cc(-c3cn(C)nc3C)nc3ccccc23)cn1. The lowest BCUT2D eigenvalue weighted by atomic mass is 10.0. The third-order valence-corrected chi connectivity index (χ3v) is 5.73. The molecule has 0 spiro atoms. The first-order valence-electron chi connectivity index (χ1n) is 10.8. The van der Waals surface area contributed by atoms with Gasteiger partial charge in [0.15, 0.2) is 0 Å². The summed E-state index contributed by atoms with van der Waals surface area (Å²) in [6.07, 6.45) is 5.44. The number of nitrogens with zero attached hydrogens (tertiary/aromatic N) is 5. The lowest BCUT2D eigenvalue weighted by Gasteiger charge is -2.09. The fourth-order valence-electron chi connectivity index (χ4n) is 4.03. The van der Waals surface area contributed by atoms with E-state index in [-0.39, 0.29) is 5.91 Å². The van der Waals surface area contributed by atoms with Crippen LogP contribution in [-0.4, -0.2) is 30.5 Å². The maximum absolute atomic E-state index is 13.3. The van der Waals surface area contributed by atoms with Crippen LogP contribution in [0.1, 0.15) is 27.2 Å². The standard InChI is InChI=1S/C26H24N6O/c1-17-8-4-5-9-19(17)14-32-15-20(13-27-32)28-26(33)22-12-25(23-16-31(3)30-18(23)2)29-24-11-7-6-10-21(22)24/h4-13,15-16H,14H2,1-3H3,(H,28,33). The number of aromatic nitrogens is 5. The van der Waals surface area contributed by atoms with E-state index in [2.05, 4.69) is 34.6 Å². The summed E-state index contributed by atoms with van der Waals surface area (Å²) in [5, 5.41) is 12.6. The number of carbonyl (C=O) groups is 1. The first-order chi connectivity index (χ1) is 16.0. The van der Waals surface area contributed by atoms with Crippen LogP contribution in [0.2, 0.25) is 0 Å². The highest BCUT2D eigenvalue weighted by atomic mass is 16.1. The number of hydrogen-bond donors (Lipinski definition) is 1. The van der Waals surface area contributed by atoms with Crippen LogP contribution in [0.25, 0.3) is 22.2 Å². The summed E-state index contributed by atoms with van der Waals surface area (Å²) in [6.45, 7) is 4.66. The number of para-hydroxylation sites is 1. The zero-order valence-electron chi connectivity index (χ0n) is 18.8. The van der Waals surface area contributed by atoms with E-state index in [1.165, 1.54) is 11.1 Å². The van der Waals surface area contributed by atoms with Crippen molar-refractivity contribution in [2.24, 2.45) is 7.05 Å². The number of pyridine rings is 1. The van der Waals surface area contributed by atoms with Crippen molar-refractivity contribution in [1.29, 1.82) is 0 Å². The van der Waals surface area contributed by atoms with Crippen molar-refractivity contribution < 1.29 is 4.79 Å². The van der Waals surface area contributed by atoms with Crippen LogP contribution in [-0.2, 0) is 13.6 Å². The number of anilines is 1. The highest BCUT2D eigenvalue weighted by Gasteiger charge is 2.17. The molecule has 7 nitrogen and oxygen atoms in total. The molecule has 5 aromatic rings. The van der Waals surface area contributed by atoms with Gasteiger partial charge in [-0.25, -0.2) is 4.98 Å². The van der Waals surface area contributed by atoms with Gasteiger partial charge in [-0.15, -0.1) is 0 Å². The third kappa shape index (κ3) is 4.13. The Balaban J connectivity index is 1.46. The van der Waals surface area contributed by atoms with Gasteiger partial charge in [0.2, 0.25) is 0 Å². The Morgan fingerprint density at radius 3 is 2.61 bits per heavy atom. The fraction of sp³-hybridized carbons (Fsp3) is 0.154. The molecule has 0 bridgehead atoms. The molecule has 0 unspecified atom stereocenters. The molecule has 1 amide bonds. The minimum absolute atomic E-state index is 0.202. The average Bonchev–Trinajstić information content (AvgIpc) is 3.39. The highest BCUT2D eigenvalue weighted by Crippen LogP contribution is 2.27. The number of hydrogen-bond acceptors (Lipinski definition) is 4. The molecule has 0 saturated carbocycles. The van der Waals surface area contributed by atoms with Crippen molar-refractivity contribution in [2.75, 3.05) is 5.32 Å². The lowest BCUT2D eigenvalue weighted by Crippen LogP contribution is -2.13. The maximum Gasteiger partial charge on any atom is 0.256 e. The van der Waals surface area contributed by atoms with E-state index in [4.69, 9.17) is 4.98 Å². The lowest BCUT2D eigenvalue weighted by molar-refractivity contribution is 0.102. The summed E-state index contributed by atoms with van der Waals surface area (Å²) in [7, 11) is 1.87. The fourth-order valence-corrected chi connectivity index (χ4v) is 4.03. The van der Waals surface area contributed by atoms with Gasteiger partial charge in [-0.1, -0.05) is 42.5 Å². The smallest absolute Gasteiger partial charge is 0.256 e. The van der Waals surface area contributed by atoms with Crippen LogP contribution in [0, 0.1) is 13.8 Å². The van der Waals surface area contributed by atoms with Crippen LogP contribution in [0.3, 0.4) is 0 Å². The molecule has 3 aromatic heterocycles.